The molecule has 2 aliphatic heterocycles. The van der Waals surface area contributed by atoms with Gasteiger partial charge >= 0.3 is 0 Å². The van der Waals surface area contributed by atoms with Gasteiger partial charge in [-0.3, -0.25) is 9.59 Å². The van der Waals surface area contributed by atoms with Gasteiger partial charge in [-0.25, -0.2) is 0 Å². The number of nitrogens with zero attached hydrogens (tertiary/aromatic N) is 1. The van der Waals surface area contributed by atoms with E-state index in [0.29, 0.717) is 30.2 Å². The maximum atomic E-state index is 13.0. The van der Waals surface area contributed by atoms with Crippen molar-refractivity contribution in [2.45, 2.75) is 32.4 Å². The number of rotatable bonds is 5. The highest BCUT2D eigenvalue weighted by Crippen LogP contribution is 2.40. The van der Waals surface area contributed by atoms with Crippen LogP contribution in [-0.4, -0.2) is 55.0 Å². The fraction of sp³-hybridized carbons (Fsp3) is 0.391. The molecule has 7 heteroatoms. The summed E-state index contributed by atoms with van der Waals surface area (Å²) < 4.78 is 11.5. The van der Waals surface area contributed by atoms with Crippen LogP contribution in [0.25, 0.3) is 5.76 Å². The Bertz CT molecular complexity index is 1040. The molecule has 1 fully saturated rings. The minimum absolute atomic E-state index is 0.0648. The summed E-state index contributed by atoms with van der Waals surface area (Å²) in [5.41, 5.74) is 1.54. The average Bonchev–Trinajstić information content (AvgIpc) is 3.35. The first-order valence-corrected chi connectivity index (χ1v) is 10.2. The topological polar surface area (TPSA) is 84.4 Å². The lowest BCUT2D eigenvalue weighted by molar-refractivity contribution is -0.857. The molecule has 0 unspecified atom stereocenters. The van der Waals surface area contributed by atoms with E-state index >= 15 is 0 Å². The molecule has 2 aliphatic rings. The number of nitrogens with one attached hydrogen (secondary N) is 1. The second-order valence-electron chi connectivity index (χ2n) is 8.35. The van der Waals surface area contributed by atoms with E-state index in [-0.39, 0.29) is 17.4 Å². The Morgan fingerprint density at radius 1 is 1.23 bits per heavy atom. The lowest BCUT2D eigenvalue weighted by Crippen LogP contribution is -3.06. The number of fused-ring (bicyclic) bond motifs is 1. The van der Waals surface area contributed by atoms with Gasteiger partial charge in [-0.15, -0.1) is 0 Å². The number of hydrogen-bond donors (Lipinski definition) is 2. The number of hydrogen-bond acceptors (Lipinski definition) is 5. The van der Waals surface area contributed by atoms with Crippen LogP contribution in [0, 0.1) is 6.92 Å². The van der Waals surface area contributed by atoms with E-state index in [4.69, 9.17) is 9.15 Å². The Labute approximate surface area is 175 Å². The van der Waals surface area contributed by atoms with Crippen LogP contribution in [0.2, 0.25) is 0 Å². The Morgan fingerprint density at radius 2 is 2.00 bits per heavy atom. The number of likely N-dealkylation sites (tertiary alicyclic amines) is 1. The molecular formula is C23H27N2O5+. The van der Waals surface area contributed by atoms with E-state index in [2.05, 4.69) is 0 Å². The van der Waals surface area contributed by atoms with E-state index in [1.165, 1.54) is 4.90 Å². The molecule has 158 valence electrons. The third kappa shape index (κ3) is 3.50. The molecule has 30 heavy (non-hydrogen) atoms. The van der Waals surface area contributed by atoms with Crippen LogP contribution < -0.4 is 9.64 Å². The minimum Gasteiger partial charge on any atom is -0.507 e. The monoisotopic (exact) mass is 411 g/mol. The third-order valence-corrected chi connectivity index (χ3v) is 5.59. The van der Waals surface area contributed by atoms with Gasteiger partial charge < -0.3 is 24.1 Å². The van der Waals surface area contributed by atoms with Crippen molar-refractivity contribution >= 4 is 17.4 Å². The molecule has 3 heterocycles. The summed E-state index contributed by atoms with van der Waals surface area (Å²) in [4.78, 5) is 28.5. The zero-order chi connectivity index (χ0) is 21.6. The normalized spacial score (nSPS) is 22.6. The summed E-state index contributed by atoms with van der Waals surface area (Å²) in [6.07, 6.45) is 0.805. The first-order chi connectivity index (χ1) is 14.3. The third-order valence-electron chi connectivity index (χ3n) is 5.59. The number of carbonyl (C=O) groups is 2. The number of aliphatic hydroxyl groups is 1. The van der Waals surface area contributed by atoms with Gasteiger partial charge in [-0.05, 0) is 49.7 Å². The predicted molar refractivity (Wildman–Crippen MR) is 110 cm³/mol. The van der Waals surface area contributed by atoms with Crippen molar-refractivity contribution in [2.75, 3.05) is 27.2 Å². The average molecular weight is 411 g/mol. The van der Waals surface area contributed by atoms with Gasteiger partial charge in [0.2, 0.25) is 0 Å². The SMILES string of the molecule is Cc1ccc([C@H]2C(=C(O)c3ccc4c(c3)C[C@@H](C)O4)C(=O)C(=O)N2CC[NH+](C)C)o1. The molecule has 0 saturated carbocycles. The summed E-state index contributed by atoms with van der Waals surface area (Å²) in [5.74, 6) is 0.444. The molecule has 1 saturated heterocycles. The number of amides is 1. The van der Waals surface area contributed by atoms with Crippen LogP contribution in [0.1, 0.15) is 35.6 Å². The highest BCUT2D eigenvalue weighted by atomic mass is 16.5. The quantitative estimate of drug-likeness (QED) is 0.442. The van der Waals surface area contributed by atoms with Crippen LogP contribution in [0.4, 0.5) is 0 Å². The fourth-order valence-electron chi connectivity index (χ4n) is 4.08. The van der Waals surface area contributed by atoms with Crippen molar-refractivity contribution < 1.29 is 28.7 Å². The largest absolute Gasteiger partial charge is 0.507 e. The van der Waals surface area contributed by atoms with Gasteiger partial charge in [0.15, 0.2) is 0 Å². The summed E-state index contributed by atoms with van der Waals surface area (Å²) in [6, 6.07) is 8.14. The Morgan fingerprint density at radius 3 is 2.67 bits per heavy atom. The number of quaternary nitrogens is 1. The summed E-state index contributed by atoms with van der Waals surface area (Å²) in [7, 11) is 3.96. The van der Waals surface area contributed by atoms with Gasteiger partial charge in [0, 0.05) is 12.0 Å². The Hall–Kier alpha value is -3.06. The molecule has 4 rings (SSSR count). The number of Topliss-reactive ketones (excluding diaryl/α,β-unsaturated/α-hetero) is 1. The lowest BCUT2D eigenvalue weighted by Gasteiger charge is -2.23. The number of carbonyl (C=O) groups excluding carboxylic acids is 2. The highest BCUT2D eigenvalue weighted by Gasteiger charge is 2.47. The molecular weight excluding hydrogens is 384 g/mol. The first-order valence-electron chi connectivity index (χ1n) is 10.2. The maximum absolute atomic E-state index is 13.0. The van der Waals surface area contributed by atoms with Crippen molar-refractivity contribution in [1.29, 1.82) is 0 Å². The van der Waals surface area contributed by atoms with Crippen molar-refractivity contribution in [3.8, 4) is 5.75 Å². The molecule has 2 atom stereocenters. The first kappa shape index (κ1) is 20.2. The van der Waals surface area contributed by atoms with Gasteiger partial charge in [0.25, 0.3) is 11.7 Å². The van der Waals surface area contributed by atoms with Crippen LogP contribution in [0.15, 0.2) is 40.3 Å². The molecule has 1 aromatic carbocycles. The van der Waals surface area contributed by atoms with Crippen molar-refractivity contribution in [3.63, 3.8) is 0 Å². The van der Waals surface area contributed by atoms with Crippen LogP contribution in [-0.2, 0) is 16.0 Å². The molecule has 2 aromatic rings. The van der Waals surface area contributed by atoms with Gasteiger partial charge in [0.05, 0.1) is 32.8 Å². The zero-order valence-corrected chi connectivity index (χ0v) is 17.7. The molecule has 2 N–H and O–H groups in total. The highest BCUT2D eigenvalue weighted by molar-refractivity contribution is 6.46. The van der Waals surface area contributed by atoms with Crippen LogP contribution in [0.5, 0.6) is 5.75 Å². The number of aliphatic hydroxyl groups excluding tert-OH is 1. The number of ether oxygens (including phenoxy) is 1. The van der Waals surface area contributed by atoms with Crippen LogP contribution >= 0.6 is 0 Å². The molecule has 1 amide bonds. The van der Waals surface area contributed by atoms with Gasteiger partial charge in [-0.2, -0.15) is 0 Å². The van der Waals surface area contributed by atoms with Crippen LogP contribution in [0.3, 0.4) is 0 Å². The van der Waals surface area contributed by atoms with E-state index in [9.17, 15) is 14.7 Å². The lowest BCUT2D eigenvalue weighted by atomic mass is 9.97. The smallest absolute Gasteiger partial charge is 0.295 e. The standard InChI is InChI=1S/C23H26N2O5/c1-13-5-7-18(29-13)20-19(22(27)23(28)25(20)10-9-24(3)4)21(26)15-6-8-17-16(12-15)11-14(2)30-17/h5-8,12,14,20,26H,9-11H2,1-4H3/p+1/t14-,20+/m1/s1. The van der Waals surface area contributed by atoms with Crippen molar-refractivity contribution in [1.82, 2.24) is 4.90 Å². The van der Waals surface area contributed by atoms with E-state index in [1.807, 2.05) is 27.1 Å². The second kappa shape index (κ2) is 7.65. The Kier molecular flexibility index (Phi) is 5.15. The molecule has 1 aromatic heterocycles. The molecule has 0 radical (unpaired) electrons. The zero-order valence-electron chi connectivity index (χ0n) is 17.7. The summed E-state index contributed by atoms with van der Waals surface area (Å²) in [5, 5.41) is 11.1. The second-order valence-corrected chi connectivity index (χ2v) is 8.35. The number of ketones is 1. The molecule has 0 aliphatic carbocycles. The number of likely N-dealkylation sites (N-methyl/N-ethyl adjacent to an activating group) is 1. The van der Waals surface area contributed by atoms with E-state index < -0.39 is 17.7 Å². The minimum atomic E-state index is -0.749. The maximum Gasteiger partial charge on any atom is 0.295 e. The number of furan rings is 1. The fourth-order valence-corrected chi connectivity index (χ4v) is 4.08. The molecule has 0 spiro atoms. The summed E-state index contributed by atoms with van der Waals surface area (Å²) in [6.45, 7) is 4.83. The van der Waals surface area contributed by atoms with Crippen molar-refractivity contribution in [3.05, 3.63) is 58.6 Å². The van der Waals surface area contributed by atoms with E-state index in [1.54, 1.807) is 31.2 Å². The van der Waals surface area contributed by atoms with E-state index in [0.717, 1.165) is 22.6 Å². The van der Waals surface area contributed by atoms with Gasteiger partial charge in [0.1, 0.15) is 35.2 Å². The Balaban J connectivity index is 1.80. The summed E-state index contributed by atoms with van der Waals surface area (Å²) >= 11 is 0. The van der Waals surface area contributed by atoms with Crippen molar-refractivity contribution in [2.24, 2.45) is 0 Å². The number of benzene rings is 1. The predicted octanol–water partition coefficient (Wildman–Crippen LogP) is 1.48. The molecule has 7 nitrogen and oxygen atoms in total. The van der Waals surface area contributed by atoms with Gasteiger partial charge in [-0.1, -0.05) is 0 Å². The molecule has 0 bridgehead atoms. The number of aryl methyl sites for hydroxylation is 1.